The Balaban J connectivity index is 1.77. The third kappa shape index (κ3) is 2.67. The fraction of sp³-hybridized carbons (Fsp3) is 0.286. The first-order chi connectivity index (χ1) is 10.0. The van der Waals surface area contributed by atoms with Crippen molar-refractivity contribution in [3.63, 3.8) is 0 Å². The maximum atomic E-state index is 12.1. The minimum atomic E-state index is -0.583. The lowest BCUT2D eigenvalue weighted by Gasteiger charge is -2.22. The Kier molecular flexibility index (Phi) is 3.47. The van der Waals surface area contributed by atoms with Gasteiger partial charge in [0.1, 0.15) is 11.9 Å². The highest BCUT2D eigenvalue weighted by Crippen LogP contribution is 2.22. The Morgan fingerprint density at radius 2 is 2.14 bits per heavy atom. The SMILES string of the molecule is O=C1CCCC(C(=O)NC2=NC(=O)c3cc(Cl)ccc32)N1. The van der Waals surface area contributed by atoms with Crippen LogP contribution in [0.5, 0.6) is 0 Å². The van der Waals surface area contributed by atoms with Gasteiger partial charge in [0, 0.05) is 17.0 Å². The zero-order chi connectivity index (χ0) is 15.0. The molecule has 3 amide bonds. The van der Waals surface area contributed by atoms with Crippen LogP contribution in [0.25, 0.3) is 0 Å². The Morgan fingerprint density at radius 1 is 1.33 bits per heavy atom. The molecule has 1 unspecified atom stereocenters. The number of hydrogen-bond donors (Lipinski definition) is 2. The smallest absolute Gasteiger partial charge is 0.279 e. The van der Waals surface area contributed by atoms with Crippen molar-refractivity contribution in [2.24, 2.45) is 4.99 Å². The van der Waals surface area contributed by atoms with Gasteiger partial charge in [0.2, 0.25) is 11.8 Å². The molecule has 21 heavy (non-hydrogen) atoms. The Bertz CT molecular complexity index is 684. The fourth-order valence-electron chi connectivity index (χ4n) is 2.42. The standard InChI is InChI=1S/C14H12ClN3O3/c15-7-4-5-8-9(6-7)13(20)17-12(8)18-14(21)10-2-1-3-11(19)16-10/h4-6,10H,1-3H2,(H,16,19)(H,17,18,20,21). The Hall–Kier alpha value is -2.21. The molecule has 1 saturated heterocycles. The summed E-state index contributed by atoms with van der Waals surface area (Å²) in [5, 5.41) is 5.66. The summed E-state index contributed by atoms with van der Waals surface area (Å²) in [6.45, 7) is 0. The van der Waals surface area contributed by atoms with Crippen LogP contribution in [-0.2, 0) is 9.59 Å². The second kappa shape index (κ2) is 5.29. The number of fused-ring (bicyclic) bond motifs is 1. The van der Waals surface area contributed by atoms with Crippen LogP contribution in [0.4, 0.5) is 0 Å². The average Bonchev–Trinajstić information content (AvgIpc) is 2.75. The van der Waals surface area contributed by atoms with Gasteiger partial charge in [-0.25, -0.2) is 0 Å². The van der Waals surface area contributed by atoms with Crippen LogP contribution in [0.3, 0.4) is 0 Å². The largest absolute Gasteiger partial charge is 0.344 e. The molecule has 1 atom stereocenters. The van der Waals surface area contributed by atoms with E-state index in [2.05, 4.69) is 15.6 Å². The van der Waals surface area contributed by atoms with Gasteiger partial charge in [-0.05, 0) is 31.0 Å². The van der Waals surface area contributed by atoms with Crippen LogP contribution in [0.2, 0.25) is 5.02 Å². The first-order valence-corrected chi connectivity index (χ1v) is 6.95. The summed E-state index contributed by atoms with van der Waals surface area (Å²) in [6.07, 6.45) is 1.68. The van der Waals surface area contributed by atoms with Crippen LogP contribution in [-0.4, -0.2) is 29.6 Å². The van der Waals surface area contributed by atoms with Crippen molar-refractivity contribution in [1.82, 2.24) is 10.6 Å². The van der Waals surface area contributed by atoms with Crippen LogP contribution in [0.1, 0.15) is 35.2 Å². The molecule has 0 saturated carbocycles. The van der Waals surface area contributed by atoms with Crippen molar-refractivity contribution < 1.29 is 14.4 Å². The van der Waals surface area contributed by atoms with Crippen LogP contribution >= 0.6 is 11.6 Å². The molecule has 108 valence electrons. The molecule has 7 heteroatoms. The van der Waals surface area contributed by atoms with Gasteiger partial charge in [-0.1, -0.05) is 11.6 Å². The Morgan fingerprint density at radius 3 is 2.90 bits per heavy atom. The predicted molar refractivity (Wildman–Crippen MR) is 76.2 cm³/mol. The molecule has 1 aromatic rings. The van der Waals surface area contributed by atoms with E-state index < -0.39 is 11.9 Å². The van der Waals surface area contributed by atoms with E-state index in [-0.39, 0.29) is 17.6 Å². The topological polar surface area (TPSA) is 87.6 Å². The van der Waals surface area contributed by atoms with E-state index in [1.807, 2.05) is 0 Å². The summed E-state index contributed by atoms with van der Waals surface area (Å²) in [7, 11) is 0. The average molecular weight is 306 g/mol. The lowest BCUT2D eigenvalue weighted by Crippen LogP contribution is -2.50. The number of piperidine rings is 1. The second-order valence-corrected chi connectivity index (χ2v) is 5.39. The maximum absolute atomic E-state index is 12.1. The molecular formula is C14H12ClN3O3. The summed E-state index contributed by atoms with van der Waals surface area (Å²) in [6, 6.07) is 4.20. The van der Waals surface area contributed by atoms with Gasteiger partial charge in [-0.15, -0.1) is 0 Å². The number of aliphatic imine (C=N–C) groups is 1. The molecular weight excluding hydrogens is 294 g/mol. The van der Waals surface area contributed by atoms with E-state index >= 15 is 0 Å². The number of nitrogens with one attached hydrogen (secondary N) is 2. The summed E-state index contributed by atoms with van der Waals surface area (Å²) in [5.74, 6) is -0.734. The van der Waals surface area contributed by atoms with Gasteiger partial charge < -0.3 is 10.6 Å². The number of amides is 3. The molecule has 3 rings (SSSR count). The van der Waals surface area contributed by atoms with Crippen LogP contribution in [0.15, 0.2) is 23.2 Å². The summed E-state index contributed by atoms with van der Waals surface area (Å²) < 4.78 is 0. The van der Waals surface area contributed by atoms with Crippen LogP contribution in [0, 0.1) is 0 Å². The predicted octanol–water partition coefficient (Wildman–Crippen LogP) is 1.03. The first kappa shape index (κ1) is 13.8. The van der Waals surface area contributed by atoms with Gasteiger partial charge in [0.25, 0.3) is 5.91 Å². The van der Waals surface area contributed by atoms with Crippen LogP contribution < -0.4 is 10.6 Å². The van der Waals surface area contributed by atoms with E-state index in [0.29, 0.717) is 35.4 Å². The summed E-state index contributed by atoms with van der Waals surface area (Å²) in [4.78, 5) is 39.0. The molecule has 0 radical (unpaired) electrons. The highest BCUT2D eigenvalue weighted by Gasteiger charge is 2.29. The number of carbonyl (C=O) groups is 3. The van der Waals surface area contributed by atoms with Gasteiger partial charge in [-0.2, -0.15) is 4.99 Å². The number of carbonyl (C=O) groups excluding carboxylic acids is 3. The molecule has 0 spiro atoms. The number of nitrogens with zero attached hydrogens (tertiary/aromatic N) is 1. The van der Waals surface area contributed by atoms with Gasteiger partial charge in [0.15, 0.2) is 0 Å². The van der Waals surface area contributed by atoms with Crippen molar-refractivity contribution in [2.75, 3.05) is 0 Å². The minimum Gasteiger partial charge on any atom is -0.344 e. The van der Waals surface area contributed by atoms with Crippen molar-refractivity contribution >= 4 is 35.2 Å². The monoisotopic (exact) mass is 305 g/mol. The number of halogens is 1. The van der Waals surface area contributed by atoms with E-state index in [4.69, 9.17) is 11.6 Å². The first-order valence-electron chi connectivity index (χ1n) is 6.58. The highest BCUT2D eigenvalue weighted by molar-refractivity contribution is 6.32. The van der Waals surface area contributed by atoms with E-state index in [9.17, 15) is 14.4 Å². The summed E-state index contributed by atoms with van der Waals surface area (Å²) >= 11 is 5.84. The number of rotatable bonds is 1. The lowest BCUT2D eigenvalue weighted by atomic mass is 10.0. The van der Waals surface area contributed by atoms with Gasteiger partial charge in [0.05, 0.1) is 5.56 Å². The molecule has 0 aliphatic carbocycles. The number of benzene rings is 1. The molecule has 2 aliphatic rings. The minimum absolute atomic E-state index is 0.141. The maximum Gasteiger partial charge on any atom is 0.279 e. The summed E-state index contributed by atoms with van der Waals surface area (Å²) in [5.41, 5.74) is 0.908. The second-order valence-electron chi connectivity index (χ2n) is 4.96. The Labute approximate surface area is 125 Å². The molecule has 0 bridgehead atoms. The molecule has 2 heterocycles. The fourth-order valence-corrected chi connectivity index (χ4v) is 2.60. The van der Waals surface area contributed by atoms with Crippen molar-refractivity contribution in [3.8, 4) is 0 Å². The molecule has 1 fully saturated rings. The van der Waals surface area contributed by atoms with E-state index in [0.717, 1.165) is 0 Å². The number of hydrogen-bond acceptors (Lipinski definition) is 3. The van der Waals surface area contributed by atoms with Crippen molar-refractivity contribution in [2.45, 2.75) is 25.3 Å². The molecule has 2 N–H and O–H groups in total. The molecule has 1 aromatic carbocycles. The zero-order valence-corrected chi connectivity index (χ0v) is 11.7. The lowest BCUT2D eigenvalue weighted by molar-refractivity contribution is -0.130. The van der Waals surface area contributed by atoms with E-state index in [1.54, 1.807) is 12.1 Å². The van der Waals surface area contributed by atoms with Gasteiger partial charge >= 0.3 is 0 Å². The molecule has 0 aromatic heterocycles. The van der Waals surface area contributed by atoms with Crippen molar-refractivity contribution in [1.29, 1.82) is 0 Å². The quantitative estimate of drug-likeness (QED) is 0.812. The van der Waals surface area contributed by atoms with E-state index in [1.165, 1.54) is 6.07 Å². The molecule has 2 aliphatic heterocycles. The van der Waals surface area contributed by atoms with Crippen molar-refractivity contribution in [3.05, 3.63) is 34.3 Å². The molecule has 6 nitrogen and oxygen atoms in total. The third-order valence-electron chi connectivity index (χ3n) is 3.47. The third-order valence-corrected chi connectivity index (χ3v) is 3.71. The zero-order valence-electron chi connectivity index (χ0n) is 11.0. The van der Waals surface area contributed by atoms with Gasteiger partial charge in [-0.3, -0.25) is 14.4 Å². The number of amidine groups is 1. The normalized spacial score (nSPS) is 20.6. The highest BCUT2D eigenvalue weighted by atomic mass is 35.5.